The standard InChI is InChI=1S/C15H18O3S/c1-2-3-6-12-19(16,17)18-15-11-7-9-13-8-4-5-10-14(13)15/h4-5,7-11H,2-3,6,12H2,1H3. The number of hydrogen-bond acceptors (Lipinski definition) is 3. The molecule has 3 nitrogen and oxygen atoms in total. The van der Waals surface area contributed by atoms with Crippen molar-refractivity contribution in [2.24, 2.45) is 0 Å². The van der Waals surface area contributed by atoms with Crippen molar-refractivity contribution in [1.82, 2.24) is 0 Å². The van der Waals surface area contributed by atoms with Gasteiger partial charge in [0.2, 0.25) is 0 Å². The third kappa shape index (κ3) is 3.70. The molecule has 0 heterocycles. The molecular formula is C15H18O3S. The maximum atomic E-state index is 11.9. The monoisotopic (exact) mass is 278 g/mol. The highest BCUT2D eigenvalue weighted by molar-refractivity contribution is 7.87. The Bertz CT molecular complexity index is 642. The van der Waals surface area contributed by atoms with E-state index >= 15 is 0 Å². The second kappa shape index (κ2) is 6.06. The Hall–Kier alpha value is -1.55. The van der Waals surface area contributed by atoms with Crippen LogP contribution in [0.1, 0.15) is 26.2 Å². The maximum Gasteiger partial charge on any atom is 0.309 e. The van der Waals surface area contributed by atoms with Crippen molar-refractivity contribution in [3.05, 3.63) is 42.5 Å². The van der Waals surface area contributed by atoms with Crippen molar-refractivity contribution in [1.29, 1.82) is 0 Å². The summed E-state index contributed by atoms with van der Waals surface area (Å²) in [7, 11) is -3.50. The molecule has 2 rings (SSSR count). The summed E-state index contributed by atoms with van der Waals surface area (Å²) in [6.07, 6.45) is 2.53. The first kappa shape index (κ1) is 13.9. The lowest BCUT2D eigenvalue weighted by molar-refractivity contribution is 0.485. The van der Waals surface area contributed by atoms with Gasteiger partial charge < -0.3 is 4.18 Å². The molecule has 0 spiro atoms. The minimum Gasteiger partial charge on any atom is -0.382 e. The van der Waals surface area contributed by atoms with Crippen LogP contribution in [0.2, 0.25) is 0 Å². The van der Waals surface area contributed by atoms with Crippen molar-refractivity contribution < 1.29 is 12.6 Å². The molecule has 2 aromatic rings. The van der Waals surface area contributed by atoms with Crippen LogP contribution < -0.4 is 4.18 Å². The zero-order chi connectivity index (χ0) is 13.7. The summed E-state index contributed by atoms with van der Waals surface area (Å²) in [4.78, 5) is 0. The van der Waals surface area contributed by atoms with Gasteiger partial charge in [0.25, 0.3) is 0 Å². The van der Waals surface area contributed by atoms with E-state index in [0.29, 0.717) is 12.2 Å². The van der Waals surface area contributed by atoms with E-state index in [1.54, 1.807) is 12.1 Å². The first-order valence-corrected chi connectivity index (χ1v) is 8.10. The number of fused-ring (bicyclic) bond motifs is 1. The van der Waals surface area contributed by atoms with Crippen molar-refractivity contribution in [2.75, 3.05) is 5.75 Å². The van der Waals surface area contributed by atoms with Crippen LogP contribution in [-0.4, -0.2) is 14.2 Å². The summed E-state index contributed by atoms with van der Waals surface area (Å²) in [6.45, 7) is 2.04. The van der Waals surface area contributed by atoms with Gasteiger partial charge in [0.1, 0.15) is 5.75 Å². The van der Waals surface area contributed by atoms with E-state index in [1.807, 2.05) is 37.3 Å². The Morgan fingerprint density at radius 1 is 1.00 bits per heavy atom. The van der Waals surface area contributed by atoms with Crippen LogP contribution >= 0.6 is 0 Å². The molecule has 0 atom stereocenters. The number of unbranched alkanes of at least 4 members (excludes halogenated alkanes) is 2. The van der Waals surface area contributed by atoms with E-state index in [9.17, 15) is 8.42 Å². The average molecular weight is 278 g/mol. The molecule has 0 aliphatic rings. The molecule has 0 radical (unpaired) electrons. The zero-order valence-corrected chi connectivity index (χ0v) is 11.8. The highest BCUT2D eigenvalue weighted by atomic mass is 32.2. The largest absolute Gasteiger partial charge is 0.382 e. The first-order valence-electron chi connectivity index (χ1n) is 6.52. The topological polar surface area (TPSA) is 43.4 Å². The third-order valence-electron chi connectivity index (χ3n) is 2.96. The molecule has 19 heavy (non-hydrogen) atoms. The SMILES string of the molecule is CCCCCS(=O)(=O)Oc1cccc2ccccc12. The van der Waals surface area contributed by atoms with Crippen LogP contribution in [0, 0.1) is 0 Å². The summed E-state index contributed by atoms with van der Waals surface area (Å²) in [5, 5.41) is 1.80. The van der Waals surface area contributed by atoms with Gasteiger partial charge in [-0.25, -0.2) is 0 Å². The zero-order valence-electron chi connectivity index (χ0n) is 11.0. The fourth-order valence-corrected chi connectivity index (χ4v) is 3.04. The fourth-order valence-electron chi connectivity index (χ4n) is 1.98. The maximum absolute atomic E-state index is 11.9. The third-order valence-corrected chi connectivity index (χ3v) is 4.19. The Balaban J connectivity index is 2.21. The molecule has 0 amide bonds. The van der Waals surface area contributed by atoms with Gasteiger partial charge >= 0.3 is 10.1 Å². The fraction of sp³-hybridized carbons (Fsp3) is 0.333. The minimum atomic E-state index is -3.50. The molecule has 0 bridgehead atoms. The number of benzene rings is 2. The van der Waals surface area contributed by atoms with Crippen LogP contribution in [0.5, 0.6) is 5.75 Å². The molecule has 0 saturated heterocycles. The van der Waals surface area contributed by atoms with Crippen LogP contribution in [-0.2, 0) is 10.1 Å². The summed E-state index contributed by atoms with van der Waals surface area (Å²) < 4.78 is 29.0. The molecular weight excluding hydrogens is 260 g/mol. The van der Waals surface area contributed by atoms with Gasteiger partial charge in [-0.05, 0) is 17.9 Å². The minimum absolute atomic E-state index is 0.0735. The highest BCUT2D eigenvalue weighted by Crippen LogP contribution is 2.26. The molecule has 0 saturated carbocycles. The molecule has 102 valence electrons. The van der Waals surface area contributed by atoms with Gasteiger partial charge in [0.05, 0.1) is 5.75 Å². The molecule has 0 aromatic heterocycles. The lowest BCUT2D eigenvalue weighted by atomic mass is 10.1. The van der Waals surface area contributed by atoms with E-state index < -0.39 is 10.1 Å². The van der Waals surface area contributed by atoms with E-state index in [2.05, 4.69) is 0 Å². The Morgan fingerprint density at radius 2 is 1.74 bits per heavy atom. The molecule has 0 fully saturated rings. The van der Waals surface area contributed by atoms with Crippen LogP contribution in [0.4, 0.5) is 0 Å². The number of hydrogen-bond donors (Lipinski definition) is 0. The summed E-state index contributed by atoms with van der Waals surface area (Å²) >= 11 is 0. The van der Waals surface area contributed by atoms with Crippen molar-refractivity contribution in [2.45, 2.75) is 26.2 Å². The van der Waals surface area contributed by atoms with Gasteiger partial charge in [0, 0.05) is 5.39 Å². The quantitative estimate of drug-likeness (QED) is 0.597. The molecule has 0 N–H and O–H groups in total. The molecule has 4 heteroatoms. The second-order valence-corrected chi connectivity index (χ2v) is 6.22. The van der Waals surface area contributed by atoms with Crippen LogP contribution in [0.3, 0.4) is 0 Å². The van der Waals surface area contributed by atoms with Gasteiger partial charge in [0.15, 0.2) is 0 Å². The van der Waals surface area contributed by atoms with Gasteiger partial charge in [-0.1, -0.05) is 56.2 Å². The summed E-state index contributed by atoms with van der Waals surface area (Å²) in [5.74, 6) is 0.485. The lowest BCUT2D eigenvalue weighted by Gasteiger charge is -2.09. The van der Waals surface area contributed by atoms with Crippen molar-refractivity contribution in [3.8, 4) is 5.75 Å². The lowest BCUT2D eigenvalue weighted by Crippen LogP contribution is -2.13. The predicted molar refractivity (Wildman–Crippen MR) is 77.9 cm³/mol. The molecule has 0 aliphatic carbocycles. The van der Waals surface area contributed by atoms with Crippen LogP contribution in [0.25, 0.3) is 10.8 Å². The Morgan fingerprint density at radius 3 is 2.53 bits per heavy atom. The normalized spacial score (nSPS) is 11.6. The summed E-state index contributed by atoms with van der Waals surface area (Å²) in [5.41, 5.74) is 0. The Kier molecular flexibility index (Phi) is 4.43. The Labute approximate surface area is 114 Å². The first-order chi connectivity index (χ1) is 9.12. The highest BCUT2D eigenvalue weighted by Gasteiger charge is 2.13. The van der Waals surface area contributed by atoms with Crippen molar-refractivity contribution >= 4 is 20.9 Å². The van der Waals surface area contributed by atoms with Crippen molar-refractivity contribution in [3.63, 3.8) is 0 Å². The molecule has 0 unspecified atom stereocenters. The number of rotatable bonds is 6. The molecule has 0 aliphatic heterocycles. The van der Waals surface area contributed by atoms with E-state index in [-0.39, 0.29) is 5.75 Å². The molecule has 2 aromatic carbocycles. The smallest absolute Gasteiger partial charge is 0.309 e. The van der Waals surface area contributed by atoms with E-state index in [4.69, 9.17) is 4.18 Å². The summed E-state index contributed by atoms with van der Waals surface area (Å²) in [6, 6.07) is 13.0. The second-order valence-electron chi connectivity index (χ2n) is 4.53. The predicted octanol–water partition coefficient (Wildman–Crippen LogP) is 3.74. The van der Waals surface area contributed by atoms with E-state index in [1.165, 1.54) is 0 Å². The van der Waals surface area contributed by atoms with Gasteiger partial charge in [-0.15, -0.1) is 0 Å². The van der Waals surface area contributed by atoms with Gasteiger partial charge in [-0.3, -0.25) is 0 Å². The van der Waals surface area contributed by atoms with Gasteiger partial charge in [-0.2, -0.15) is 8.42 Å². The van der Waals surface area contributed by atoms with Crippen LogP contribution in [0.15, 0.2) is 42.5 Å². The van der Waals surface area contributed by atoms with E-state index in [0.717, 1.165) is 23.6 Å². The average Bonchev–Trinajstić information content (AvgIpc) is 2.39.